The van der Waals surface area contributed by atoms with E-state index in [2.05, 4.69) is 10.2 Å². The number of amides is 1. The van der Waals surface area contributed by atoms with Crippen molar-refractivity contribution in [2.24, 2.45) is 0 Å². The summed E-state index contributed by atoms with van der Waals surface area (Å²) in [5, 5.41) is 14.1. The summed E-state index contributed by atoms with van der Waals surface area (Å²) in [6.45, 7) is 7.41. The number of morpholine rings is 1. The largest absolute Gasteiger partial charge is 0.507 e. The molecular formula is C19H23N3O3S. The number of nitrogens with zero attached hydrogens (tertiary/aromatic N) is 2. The van der Waals surface area contributed by atoms with E-state index in [0.29, 0.717) is 18.7 Å². The van der Waals surface area contributed by atoms with Gasteiger partial charge >= 0.3 is 0 Å². The molecular weight excluding hydrogens is 350 g/mol. The number of aryl methyl sites for hydroxylation is 2. The van der Waals surface area contributed by atoms with E-state index in [9.17, 15) is 9.90 Å². The monoisotopic (exact) mass is 373 g/mol. The molecule has 2 aliphatic rings. The lowest BCUT2D eigenvalue weighted by atomic mass is 9.90. The maximum absolute atomic E-state index is 12.2. The lowest BCUT2D eigenvalue weighted by Gasteiger charge is -2.26. The third-order valence-electron chi connectivity index (χ3n) is 5.07. The number of carbonyl (C=O) groups excluding carboxylic acids is 1. The predicted octanol–water partition coefficient (Wildman–Crippen LogP) is 2.45. The van der Waals surface area contributed by atoms with Crippen LogP contribution in [0.25, 0.3) is 0 Å². The van der Waals surface area contributed by atoms with E-state index in [-0.39, 0.29) is 11.8 Å². The van der Waals surface area contributed by atoms with E-state index in [4.69, 9.17) is 9.72 Å². The molecule has 138 valence electrons. The molecule has 1 saturated heterocycles. The Morgan fingerprint density at radius 3 is 2.65 bits per heavy atom. The molecule has 1 aromatic carbocycles. The van der Waals surface area contributed by atoms with Crippen LogP contribution in [0.1, 0.15) is 39.6 Å². The van der Waals surface area contributed by atoms with Gasteiger partial charge in [-0.15, -0.1) is 11.3 Å². The molecule has 2 aromatic rings. The van der Waals surface area contributed by atoms with Crippen molar-refractivity contribution in [2.75, 3.05) is 31.2 Å². The number of nitrogens with one attached hydrogen (secondary N) is 1. The molecule has 0 radical (unpaired) electrons. The van der Waals surface area contributed by atoms with Gasteiger partial charge in [-0.3, -0.25) is 4.79 Å². The van der Waals surface area contributed by atoms with Crippen LogP contribution in [-0.2, 0) is 16.1 Å². The number of fused-ring (bicyclic) bond motifs is 1. The fourth-order valence-electron chi connectivity index (χ4n) is 3.63. The number of phenolic OH excluding ortho intramolecular Hbond substituents is 1. The topological polar surface area (TPSA) is 74.7 Å². The number of rotatable bonds is 2. The van der Waals surface area contributed by atoms with E-state index in [1.165, 1.54) is 0 Å². The molecule has 1 amide bonds. The first kappa shape index (κ1) is 17.3. The van der Waals surface area contributed by atoms with Crippen molar-refractivity contribution in [3.05, 3.63) is 39.4 Å². The van der Waals surface area contributed by atoms with Crippen LogP contribution in [0.5, 0.6) is 5.75 Å². The summed E-state index contributed by atoms with van der Waals surface area (Å²) in [6, 6.07) is 3.98. The molecule has 4 rings (SSSR count). The lowest BCUT2D eigenvalue weighted by Crippen LogP contribution is -2.36. The standard InChI is InChI=1S/C19H23N3O3S/c1-11-7-13(8-12(2)17(11)24)14-9-16(23)20-10-15-18(14)26-19(21-15)22-3-5-25-6-4-22/h7-8,14,24H,3-6,9-10H2,1-2H3,(H,20,23)/t14-/m0/s1. The van der Waals surface area contributed by atoms with Crippen LogP contribution in [0, 0.1) is 13.8 Å². The number of carbonyl (C=O) groups is 1. The molecule has 0 bridgehead atoms. The number of hydrogen-bond donors (Lipinski definition) is 2. The minimum Gasteiger partial charge on any atom is -0.507 e. The van der Waals surface area contributed by atoms with Gasteiger partial charge in [0.1, 0.15) is 5.75 Å². The second kappa shape index (κ2) is 6.89. The number of phenols is 1. The molecule has 3 heterocycles. The molecule has 1 atom stereocenters. The van der Waals surface area contributed by atoms with Gasteiger partial charge < -0.3 is 20.1 Å². The SMILES string of the molecule is Cc1cc([C@@H]2CC(=O)NCc3nc(N4CCOCC4)sc32)cc(C)c1O. The molecule has 0 aliphatic carbocycles. The zero-order valence-corrected chi connectivity index (χ0v) is 15.9. The first-order valence-electron chi connectivity index (χ1n) is 8.92. The number of aromatic hydroxyl groups is 1. The summed E-state index contributed by atoms with van der Waals surface area (Å²) in [5.74, 6) is 0.333. The first-order valence-corrected chi connectivity index (χ1v) is 9.73. The van der Waals surface area contributed by atoms with Gasteiger partial charge in [0.2, 0.25) is 5.91 Å². The van der Waals surface area contributed by atoms with Crippen molar-refractivity contribution in [2.45, 2.75) is 32.7 Å². The smallest absolute Gasteiger partial charge is 0.221 e. The normalized spacial score (nSPS) is 20.5. The van der Waals surface area contributed by atoms with E-state index >= 15 is 0 Å². The molecule has 0 unspecified atom stereocenters. The van der Waals surface area contributed by atoms with Crippen molar-refractivity contribution in [3.8, 4) is 5.75 Å². The Morgan fingerprint density at radius 1 is 1.27 bits per heavy atom. The third kappa shape index (κ3) is 3.17. The van der Waals surface area contributed by atoms with Gasteiger partial charge in [-0.05, 0) is 30.5 Å². The second-order valence-corrected chi connectivity index (χ2v) is 7.95. The van der Waals surface area contributed by atoms with Crippen LogP contribution in [0.2, 0.25) is 0 Å². The van der Waals surface area contributed by atoms with Crippen LogP contribution in [0.3, 0.4) is 0 Å². The zero-order valence-electron chi connectivity index (χ0n) is 15.0. The highest BCUT2D eigenvalue weighted by Crippen LogP contribution is 2.40. The number of aromatic nitrogens is 1. The molecule has 26 heavy (non-hydrogen) atoms. The van der Waals surface area contributed by atoms with Gasteiger partial charge in [0.05, 0.1) is 25.5 Å². The van der Waals surface area contributed by atoms with Crippen LogP contribution in [0.15, 0.2) is 12.1 Å². The Balaban J connectivity index is 1.75. The summed E-state index contributed by atoms with van der Waals surface area (Å²) in [4.78, 5) is 20.5. The average molecular weight is 373 g/mol. The van der Waals surface area contributed by atoms with Gasteiger partial charge in [-0.1, -0.05) is 12.1 Å². The Bertz CT molecular complexity index is 820. The maximum Gasteiger partial charge on any atom is 0.221 e. The van der Waals surface area contributed by atoms with E-state index in [0.717, 1.165) is 58.7 Å². The zero-order chi connectivity index (χ0) is 18.3. The molecule has 2 aliphatic heterocycles. The fraction of sp³-hybridized carbons (Fsp3) is 0.474. The first-order chi connectivity index (χ1) is 12.5. The Labute approximate surface area is 156 Å². The molecule has 0 spiro atoms. The molecule has 1 aromatic heterocycles. The highest BCUT2D eigenvalue weighted by molar-refractivity contribution is 7.15. The summed E-state index contributed by atoms with van der Waals surface area (Å²) in [7, 11) is 0. The van der Waals surface area contributed by atoms with Gasteiger partial charge in [-0.2, -0.15) is 0 Å². The van der Waals surface area contributed by atoms with Crippen LogP contribution in [-0.4, -0.2) is 42.3 Å². The summed E-state index contributed by atoms with van der Waals surface area (Å²) in [6.07, 6.45) is 0.404. The lowest BCUT2D eigenvalue weighted by molar-refractivity contribution is -0.121. The van der Waals surface area contributed by atoms with Gasteiger partial charge in [0.25, 0.3) is 0 Å². The van der Waals surface area contributed by atoms with Crippen LogP contribution >= 0.6 is 11.3 Å². The highest BCUT2D eigenvalue weighted by atomic mass is 32.1. The van der Waals surface area contributed by atoms with E-state index < -0.39 is 0 Å². The molecule has 2 N–H and O–H groups in total. The van der Waals surface area contributed by atoms with Crippen molar-refractivity contribution in [1.82, 2.24) is 10.3 Å². The Kier molecular flexibility index (Phi) is 4.58. The van der Waals surface area contributed by atoms with Crippen molar-refractivity contribution in [3.63, 3.8) is 0 Å². The summed E-state index contributed by atoms with van der Waals surface area (Å²) in [5.41, 5.74) is 3.69. The molecule has 1 fully saturated rings. The quantitative estimate of drug-likeness (QED) is 0.846. The Hall–Kier alpha value is -2.12. The van der Waals surface area contributed by atoms with E-state index in [1.807, 2.05) is 26.0 Å². The predicted molar refractivity (Wildman–Crippen MR) is 101 cm³/mol. The fourth-order valence-corrected chi connectivity index (χ4v) is 4.89. The van der Waals surface area contributed by atoms with Crippen molar-refractivity contribution >= 4 is 22.4 Å². The Morgan fingerprint density at radius 2 is 1.96 bits per heavy atom. The second-order valence-electron chi connectivity index (χ2n) is 6.94. The molecule has 6 nitrogen and oxygen atoms in total. The van der Waals surface area contributed by atoms with Crippen LogP contribution < -0.4 is 10.2 Å². The number of benzene rings is 1. The summed E-state index contributed by atoms with van der Waals surface area (Å²) >= 11 is 1.68. The third-order valence-corrected chi connectivity index (χ3v) is 6.34. The molecule has 0 saturated carbocycles. The van der Waals surface area contributed by atoms with Crippen molar-refractivity contribution < 1.29 is 14.6 Å². The van der Waals surface area contributed by atoms with Crippen LogP contribution in [0.4, 0.5) is 5.13 Å². The minimum atomic E-state index is -0.0298. The van der Waals surface area contributed by atoms with Gasteiger partial charge in [0, 0.05) is 30.3 Å². The average Bonchev–Trinajstić information content (AvgIpc) is 3.00. The minimum absolute atomic E-state index is 0.0298. The van der Waals surface area contributed by atoms with E-state index in [1.54, 1.807) is 11.3 Å². The van der Waals surface area contributed by atoms with Gasteiger partial charge in [0.15, 0.2) is 5.13 Å². The maximum atomic E-state index is 12.2. The molecule has 7 heteroatoms. The number of hydrogen-bond acceptors (Lipinski definition) is 6. The number of thiazole rings is 1. The highest BCUT2D eigenvalue weighted by Gasteiger charge is 2.30. The summed E-state index contributed by atoms with van der Waals surface area (Å²) < 4.78 is 5.44. The number of anilines is 1. The van der Waals surface area contributed by atoms with Crippen molar-refractivity contribution in [1.29, 1.82) is 0 Å². The number of ether oxygens (including phenoxy) is 1. The van der Waals surface area contributed by atoms with Gasteiger partial charge in [-0.25, -0.2) is 4.98 Å².